The SMILES string of the molecule is COc1c(S(=O)(=O)N2CCCNC(=O)Cn3nc(C)nc3[C@H](C(C)C)NC(=O)[C@@H](Cc3ccccc3)NC(=O)CCC2)ccc(Cl)c1Cl. The second kappa shape index (κ2) is 16.6. The normalized spacial score (nSPS) is 19.4. The van der Waals surface area contributed by atoms with E-state index >= 15 is 0 Å². The number of sulfonamides is 1. The van der Waals surface area contributed by atoms with E-state index in [1.807, 2.05) is 44.2 Å². The highest BCUT2D eigenvalue weighted by molar-refractivity contribution is 7.89. The zero-order valence-corrected chi connectivity index (χ0v) is 29.7. The number of aryl methyl sites for hydroxylation is 1. The summed E-state index contributed by atoms with van der Waals surface area (Å²) in [6.45, 7) is 5.53. The molecule has 0 bridgehead atoms. The van der Waals surface area contributed by atoms with Crippen LogP contribution in [0.2, 0.25) is 10.0 Å². The topological polar surface area (TPSA) is 165 Å². The Morgan fingerprint density at radius 1 is 1.00 bits per heavy atom. The van der Waals surface area contributed by atoms with Gasteiger partial charge in [-0.25, -0.2) is 18.1 Å². The monoisotopic (exact) mass is 721 g/mol. The van der Waals surface area contributed by atoms with E-state index in [0.29, 0.717) is 11.6 Å². The average Bonchev–Trinajstić information content (AvgIpc) is 3.40. The van der Waals surface area contributed by atoms with Crippen LogP contribution in [0.3, 0.4) is 0 Å². The molecule has 48 heavy (non-hydrogen) atoms. The maximum atomic E-state index is 13.9. The van der Waals surface area contributed by atoms with Gasteiger partial charge in [-0.1, -0.05) is 67.4 Å². The number of nitrogens with one attached hydrogen (secondary N) is 3. The van der Waals surface area contributed by atoms with E-state index in [2.05, 4.69) is 26.0 Å². The molecular formula is C32H41Cl2N7O6S. The number of methoxy groups -OCH3 is 1. The van der Waals surface area contributed by atoms with E-state index in [4.69, 9.17) is 27.9 Å². The fourth-order valence-corrected chi connectivity index (χ4v) is 7.54. The summed E-state index contributed by atoms with van der Waals surface area (Å²) in [5, 5.41) is 13.2. The Hall–Kier alpha value is -3.72. The molecule has 260 valence electrons. The van der Waals surface area contributed by atoms with Gasteiger partial charge in [0.1, 0.15) is 28.3 Å². The smallest absolute Gasteiger partial charge is 0.246 e. The first kappa shape index (κ1) is 37.1. The number of rotatable bonds is 6. The van der Waals surface area contributed by atoms with Crippen LogP contribution in [0.25, 0.3) is 0 Å². The molecule has 2 atom stereocenters. The number of nitrogens with zero attached hydrogens (tertiary/aromatic N) is 4. The molecule has 0 aliphatic carbocycles. The van der Waals surface area contributed by atoms with Crippen molar-refractivity contribution in [2.24, 2.45) is 5.92 Å². The van der Waals surface area contributed by atoms with Crippen molar-refractivity contribution in [3.63, 3.8) is 0 Å². The highest BCUT2D eigenvalue weighted by Gasteiger charge is 2.32. The van der Waals surface area contributed by atoms with Crippen molar-refractivity contribution in [2.45, 2.75) is 70.0 Å². The molecule has 3 amide bonds. The molecule has 16 heteroatoms. The highest BCUT2D eigenvalue weighted by Crippen LogP contribution is 2.38. The maximum absolute atomic E-state index is 13.9. The van der Waals surface area contributed by atoms with Gasteiger partial charge < -0.3 is 20.7 Å². The molecule has 0 saturated carbocycles. The fourth-order valence-electron chi connectivity index (χ4n) is 5.42. The van der Waals surface area contributed by atoms with Crippen LogP contribution >= 0.6 is 23.2 Å². The molecule has 2 heterocycles. The predicted octanol–water partition coefficient (Wildman–Crippen LogP) is 3.43. The maximum Gasteiger partial charge on any atom is 0.246 e. The third-order valence-corrected chi connectivity index (χ3v) is 10.5. The number of hydrogen-bond acceptors (Lipinski definition) is 8. The zero-order chi connectivity index (χ0) is 35.0. The van der Waals surface area contributed by atoms with Crippen molar-refractivity contribution >= 4 is 50.9 Å². The molecule has 2 aromatic carbocycles. The van der Waals surface area contributed by atoms with Crippen LogP contribution in [0, 0.1) is 12.8 Å². The number of hydrogen-bond donors (Lipinski definition) is 3. The van der Waals surface area contributed by atoms with Crippen LogP contribution < -0.4 is 20.7 Å². The summed E-state index contributed by atoms with van der Waals surface area (Å²) in [6, 6.07) is 10.4. The molecule has 3 N–H and O–H groups in total. The second-order valence-electron chi connectivity index (χ2n) is 11.8. The second-order valence-corrected chi connectivity index (χ2v) is 14.5. The van der Waals surface area contributed by atoms with Gasteiger partial charge in [-0.3, -0.25) is 14.4 Å². The van der Waals surface area contributed by atoms with Gasteiger partial charge in [0.05, 0.1) is 18.2 Å². The lowest BCUT2D eigenvalue weighted by Crippen LogP contribution is -2.50. The van der Waals surface area contributed by atoms with Crippen LogP contribution in [-0.4, -0.2) is 78.0 Å². The van der Waals surface area contributed by atoms with E-state index < -0.39 is 33.9 Å². The molecule has 3 aromatic rings. The van der Waals surface area contributed by atoms with E-state index in [1.54, 1.807) is 6.92 Å². The Morgan fingerprint density at radius 2 is 1.71 bits per heavy atom. The number of fused-ring (bicyclic) bond motifs is 1. The molecule has 4 rings (SSSR count). The number of benzene rings is 2. The molecule has 1 aliphatic rings. The lowest BCUT2D eigenvalue weighted by molar-refractivity contribution is -0.129. The summed E-state index contributed by atoms with van der Waals surface area (Å²) < 4.78 is 35.8. The number of aromatic nitrogens is 3. The largest absolute Gasteiger partial charge is 0.494 e. The molecule has 0 fully saturated rings. The van der Waals surface area contributed by atoms with Crippen molar-refractivity contribution in [2.75, 3.05) is 26.7 Å². The summed E-state index contributed by atoms with van der Waals surface area (Å²) in [7, 11) is -2.89. The van der Waals surface area contributed by atoms with E-state index in [9.17, 15) is 22.8 Å². The first-order valence-corrected chi connectivity index (χ1v) is 17.8. The van der Waals surface area contributed by atoms with Crippen molar-refractivity contribution in [3.05, 3.63) is 69.7 Å². The summed E-state index contributed by atoms with van der Waals surface area (Å²) in [5.41, 5.74) is 0.838. The quantitative estimate of drug-likeness (QED) is 0.349. The molecule has 0 saturated heterocycles. The summed E-state index contributed by atoms with van der Waals surface area (Å²) in [5.74, 6) is -0.585. The number of carbonyl (C=O) groups is 3. The standard InChI is InChI=1S/C32H41Cl2N7O6S/c1-20(2)29-31-36-21(3)39-41(31)19-27(43)35-15-9-17-40(48(45,46)25-14-13-23(33)28(34)30(25)47-4)16-8-12-26(42)37-24(32(44)38-29)18-22-10-6-5-7-11-22/h5-7,10-11,13-14,20,24,29H,8-9,12,15-19H2,1-4H3,(H,35,43)(H,37,42)(H,38,44)/t24-,29+/m1/s1. The van der Waals surface area contributed by atoms with Gasteiger partial charge in [0.25, 0.3) is 0 Å². The number of carbonyl (C=O) groups excluding carboxylic acids is 3. The Bertz CT molecular complexity index is 1720. The Kier molecular flexibility index (Phi) is 12.8. The van der Waals surface area contributed by atoms with Gasteiger partial charge in [0.15, 0.2) is 11.6 Å². The Morgan fingerprint density at radius 3 is 2.40 bits per heavy atom. The third kappa shape index (κ3) is 9.24. The Labute approximate surface area is 290 Å². The number of amides is 3. The van der Waals surface area contributed by atoms with Gasteiger partial charge in [0.2, 0.25) is 27.7 Å². The lowest BCUT2D eigenvalue weighted by Gasteiger charge is -2.26. The molecule has 0 unspecified atom stereocenters. The van der Waals surface area contributed by atoms with Crippen LogP contribution in [0.15, 0.2) is 47.4 Å². The lowest BCUT2D eigenvalue weighted by atomic mass is 10.0. The molecular weight excluding hydrogens is 681 g/mol. The number of ether oxygens (including phenoxy) is 1. The van der Waals surface area contributed by atoms with Crippen LogP contribution in [0.5, 0.6) is 5.75 Å². The first-order valence-electron chi connectivity index (χ1n) is 15.7. The van der Waals surface area contributed by atoms with Crippen LogP contribution in [-0.2, 0) is 37.4 Å². The van der Waals surface area contributed by atoms with E-state index in [1.165, 1.54) is 28.2 Å². The average molecular weight is 723 g/mol. The molecule has 0 spiro atoms. The summed E-state index contributed by atoms with van der Waals surface area (Å²) in [4.78, 5) is 44.5. The van der Waals surface area contributed by atoms with Gasteiger partial charge in [0, 0.05) is 32.5 Å². The minimum Gasteiger partial charge on any atom is -0.494 e. The van der Waals surface area contributed by atoms with Crippen LogP contribution in [0.4, 0.5) is 0 Å². The fraction of sp³-hybridized carbons (Fsp3) is 0.469. The van der Waals surface area contributed by atoms with Gasteiger partial charge in [-0.05, 0) is 43.4 Å². The predicted molar refractivity (Wildman–Crippen MR) is 181 cm³/mol. The van der Waals surface area contributed by atoms with Crippen LogP contribution in [0.1, 0.15) is 56.4 Å². The van der Waals surface area contributed by atoms with E-state index in [-0.39, 0.29) is 84.4 Å². The van der Waals surface area contributed by atoms with Gasteiger partial charge >= 0.3 is 0 Å². The minimum absolute atomic E-state index is 0.0236. The minimum atomic E-state index is -4.18. The highest BCUT2D eigenvalue weighted by atomic mass is 35.5. The van der Waals surface area contributed by atoms with Crippen molar-refractivity contribution in [1.82, 2.24) is 35.0 Å². The summed E-state index contributed by atoms with van der Waals surface area (Å²) >= 11 is 12.4. The van der Waals surface area contributed by atoms with E-state index in [0.717, 1.165) is 5.56 Å². The van der Waals surface area contributed by atoms with Crippen molar-refractivity contribution < 1.29 is 27.5 Å². The molecule has 0 radical (unpaired) electrons. The zero-order valence-electron chi connectivity index (χ0n) is 27.3. The first-order chi connectivity index (χ1) is 22.8. The third-order valence-electron chi connectivity index (χ3n) is 7.83. The molecule has 13 nitrogen and oxygen atoms in total. The molecule has 1 aliphatic heterocycles. The van der Waals surface area contributed by atoms with Crippen molar-refractivity contribution in [1.29, 1.82) is 0 Å². The van der Waals surface area contributed by atoms with Gasteiger partial charge in [-0.15, -0.1) is 0 Å². The molecule has 1 aromatic heterocycles. The van der Waals surface area contributed by atoms with Gasteiger partial charge in [-0.2, -0.15) is 9.40 Å². The summed E-state index contributed by atoms with van der Waals surface area (Å²) in [6.07, 6.45) is 0.585. The number of halogens is 2. The van der Waals surface area contributed by atoms with Crippen molar-refractivity contribution in [3.8, 4) is 5.75 Å². The Balaban J connectivity index is 1.66.